The number of aldehydes is 1. The third-order valence-electron chi connectivity index (χ3n) is 6.69. The molecule has 4 aromatic carbocycles. The first-order chi connectivity index (χ1) is 23.5. The summed E-state index contributed by atoms with van der Waals surface area (Å²) < 4.78 is 17.6. The molecular formula is C37H35FN8O. The first-order valence-electron chi connectivity index (χ1n) is 15.2. The number of aromatic nitrogens is 6. The van der Waals surface area contributed by atoms with Crippen molar-refractivity contribution >= 4 is 34.5 Å². The van der Waals surface area contributed by atoms with Crippen LogP contribution < -0.4 is 11.1 Å². The van der Waals surface area contributed by atoms with E-state index >= 15 is 0 Å². The molecule has 0 aliphatic carbocycles. The number of anilines is 3. The molecule has 0 aliphatic rings. The molecule has 0 unspecified atom stereocenters. The van der Waals surface area contributed by atoms with Gasteiger partial charge in [-0.2, -0.15) is 0 Å². The van der Waals surface area contributed by atoms with Crippen molar-refractivity contribution in [3.05, 3.63) is 151 Å². The number of imidazole rings is 1. The largest absolute Gasteiger partial charge is 0.397 e. The fourth-order valence-corrected chi connectivity index (χ4v) is 4.44. The molecule has 0 saturated carbocycles. The highest BCUT2D eigenvalue weighted by Crippen LogP contribution is 2.28. The SMILES string of the molecule is Cc1nccnc1-n1c(-c2ccccc2)nc2ccccc21.Cc1nccnc1Nc1ccccc1N.O=Cc1ccccc1.[2H]CF. The third-order valence-corrected chi connectivity index (χ3v) is 6.69. The summed E-state index contributed by atoms with van der Waals surface area (Å²) in [6.45, 7) is 3.86. The Bertz CT molecular complexity index is 1980. The van der Waals surface area contributed by atoms with Gasteiger partial charge in [0.15, 0.2) is 11.6 Å². The van der Waals surface area contributed by atoms with Crippen LogP contribution in [0.2, 0.25) is 0 Å². The number of nitrogens with two attached hydrogens (primary N) is 1. The van der Waals surface area contributed by atoms with Gasteiger partial charge >= 0.3 is 0 Å². The van der Waals surface area contributed by atoms with Gasteiger partial charge in [0.2, 0.25) is 0 Å². The standard InChI is InChI=1S/C18H14N4.C11H12N4.C7H6O.CH3F/c1-13-17(20-12-11-19-13)22-16-10-6-5-9-15(16)21-18(22)14-7-3-2-4-8-14;1-8-11(14-7-6-13-8)15-10-5-3-2-4-9(10)12;8-6-7-4-2-1-3-5-7;1-2/h2-12H,1H3;2-7H,12H2,1H3,(H,14,15);1-6H;1H3/i;;;1D. The van der Waals surface area contributed by atoms with Crippen LogP contribution in [-0.4, -0.2) is 42.9 Å². The van der Waals surface area contributed by atoms with E-state index in [0.29, 0.717) is 5.69 Å². The van der Waals surface area contributed by atoms with Crippen molar-refractivity contribution in [2.75, 3.05) is 18.2 Å². The maximum atomic E-state index is 10.0. The second-order valence-corrected chi connectivity index (χ2v) is 9.82. The predicted molar refractivity (Wildman–Crippen MR) is 187 cm³/mol. The zero-order valence-electron chi connectivity index (χ0n) is 27.0. The van der Waals surface area contributed by atoms with Crippen LogP contribution in [0.3, 0.4) is 0 Å². The number of nitrogen functional groups attached to an aromatic ring is 1. The van der Waals surface area contributed by atoms with Crippen LogP contribution in [0, 0.1) is 13.8 Å². The number of hydrogen-bond acceptors (Lipinski definition) is 8. The maximum Gasteiger partial charge on any atom is 0.160 e. The third kappa shape index (κ3) is 8.89. The molecule has 7 aromatic rings. The number of hydrogen-bond donors (Lipinski definition) is 2. The summed E-state index contributed by atoms with van der Waals surface area (Å²) in [6.07, 6.45) is 7.56. The first-order valence-corrected chi connectivity index (χ1v) is 14.5. The Morgan fingerprint density at radius 2 is 1.32 bits per heavy atom. The Labute approximate surface area is 274 Å². The number of benzene rings is 4. The molecule has 0 amide bonds. The number of nitrogens with one attached hydrogen (secondary N) is 1. The highest BCUT2D eigenvalue weighted by molar-refractivity contribution is 5.83. The summed E-state index contributed by atoms with van der Waals surface area (Å²) in [6, 6.07) is 34.9. The van der Waals surface area contributed by atoms with Gasteiger partial charge in [-0.15, -0.1) is 0 Å². The minimum absolute atomic E-state index is 0.697. The monoisotopic (exact) mass is 627 g/mol. The van der Waals surface area contributed by atoms with Crippen molar-refractivity contribution in [2.24, 2.45) is 0 Å². The molecule has 0 spiro atoms. The van der Waals surface area contributed by atoms with Crippen LogP contribution in [0.4, 0.5) is 21.6 Å². The number of rotatable bonds is 5. The van der Waals surface area contributed by atoms with Gasteiger partial charge in [-0.05, 0) is 38.1 Å². The van der Waals surface area contributed by atoms with Crippen molar-refractivity contribution < 1.29 is 10.6 Å². The summed E-state index contributed by atoms with van der Waals surface area (Å²) in [4.78, 5) is 32.0. The Morgan fingerprint density at radius 1 is 0.745 bits per heavy atom. The van der Waals surface area contributed by atoms with Gasteiger partial charge in [-0.1, -0.05) is 84.9 Å². The molecule has 236 valence electrons. The van der Waals surface area contributed by atoms with Crippen LogP contribution in [0.1, 0.15) is 23.1 Å². The van der Waals surface area contributed by atoms with E-state index in [1.54, 1.807) is 36.9 Å². The van der Waals surface area contributed by atoms with Gasteiger partial charge < -0.3 is 11.1 Å². The number of alkyl halides is 1. The van der Waals surface area contributed by atoms with Crippen molar-refractivity contribution in [3.8, 4) is 17.2 Å². The molecule has 0 bridgehead atoms. The van der Waals surface area contributed by atoms with Gasteiger partial charge in [-0.25, -0.2) is 15.0 Å². The van der Waals surface area contributed by atoms with E-state index in [9.17, 15) is 9.18 Å². The predicted octanol–water partition coefficient (Wildman–Crippen LogP) is 7.99. The number of aryl methyl sites for hydroxylation is 2. The van der Waals surface area contributed by atoms with Crippen LogP contribution in [0.5, 0.6) is 0 Å². The molecule has 7 rings (SSSR count). The highest BCUT2D eigenvalue weighted by atomic mass is 19.1. The van der Waals surface area contributed by atoms with E-state index in [0.717, 1.165) is 63.0 Å². The fraction of sp³-hybridized carbons (Fsp3) is 0.0811. The molecule has 0 radical (unpaired) electrons. The number of carbonyl (C=O) groups excluding carboxylic acids is 1. The van der Waals surface area contributed by atoms with Crippen LogP contribution in [-0.2, 0) is 0 Å². The van der Waals surface area contributed by atoms with Gasteiger partial charge in [0.05, 0.1) is 42.3 Å². The summed E-state index contributed by atoms with van der Waals surface area (Å²) in [5, 5.41) is 3.14. The normalized spacial score (nSPS) is 10.1. The van der Waals surface area contributed by atoms with Crippen LogP contribution in [0.25, 0.3) is 28.2 Å². The smallest absolute Gasteiger partial charge is 0.160 e. The zero-order valence-corrected chi connectivity index (χ0v) is 26.0. The fourth-order valence-electron chi connectivity index (χ4n) is 4.44. The first kappa shape index (κ1) is 32.1. The van der Waals surface area contributed by atoms with E-state index in [-0.39, 0.29) is 0 Å². The molecule has 3 aromatic heterocycles. The number of para-hydroxylation sites is 4. The zero-order chi connectivity index (χ0) is 34.1. The van der Waals surface area contributed by atoms with Crippen molar-refractivity contribution in [1.29, 1.82) is 0 Å². The lowest BCUT2D eigenvalue weighted by Crippen LogP contribution is -2.03. The van der Waals surface area contributed by atoms with Gasteiger partial charge in [0.25, 0.3) is 0 Å². The van der Waals surface area contributed by atoms with E-state index in [1.165, 1.54) is 0 Å². The maximum absolute atomic E-state index is 10.0. The van der Waals surface area contributed by atoms with Crippen molar-refractivity contribution in [1.82, 2.24) is 29.5 Å². The van der Waals surface area contributed by atoms with Crippen molar-refractivity contribution in [3.63, 3.8) is 0 Å². The van der Waals surface area contributed by atoms with E-state index < -0.39 is 7.15 Å². The molecule has 0 aliphatic heterocycles. The van der Waals surface area contributed by atoms with Crippen LogP contribution in [0.15, 0.2) is 134 Å². The summed E-state index contributed by atoms with van der Waals surface area (Å²) in [5.74, 6) is 2.43. The topological polar surface area (TPSA) is 124 Å². The van der Waals surface area contributed by atoms with Gasteiger partial charge in [0.1, 0.15) is 12.1 Å². The lowest BCUT2D eigenvalue weighted by molar-refractivity contribution is 0.112. The number of carbonyl (C=O) groups is 1. The summed E-state index contributed by atoms with van der Waals surface area (Å²) in [5.41, 5.74) is 12.8. The minimum Gasteiger partial charge on any atom is -0.397 e. The Hall–Kier alpha value is -6.29. The average molecular weight is 628 g/mol. The quantitative estimate of drug-likeness (QED) is 0.145. The summed E-state index contributed by atoms with van der Waals surface area (Å²) in [7, 11) is -1.00. The molecule has 3 N–H and O–H groups in total. The molecule has 47 heavy (non-hydrogen) atoms. The number of fused-ring (bicyclic) bond motifs is 1. The summed E-state index contributed by atoms with van der Waals surface area (Å²) >= 11 is 0. The molecule has 0 saturated heterocycles. The molecule has 3 heterocycles. The number of nitrogens with zero attached hydrogens (tertiary/aromatic N) is 6. The van der Waals surface area contributed by atoms with Gasteiger partial charge in [0, 0.05) is 35.9 Å². The van der Waals surface area contributed by atoms with Crippen molar-refractivity contribution in [2.45, 2.75) is 13.8 Å². The minimum atomic E-state index is -1.00. The Morgan fingerprint density at radius 3 is 1.96 bits per heavy atom. The van der Waals surface area contributed by atoms with E-state index in [1.807, 2.05) is 92.7 Å². The Balaban J connectivity index is 0.000000172. The lowest BCUT2D eigenvalue weighted by Gasteiger charge is -2.10. The highest BCUT2D eigenvalue weighted by Gasteiger charge is 2.16. The average Bonchev–Trinajstić information content (AvgIpc) is 3.52. The second kappa shape index (κ2) is 17.3. The molecular weight excluding hydrogens is 591 g/mol. The molecule has 9 nitrogen and oxygen atoms in total. The molecule has 0 fully saturated rings. The Kier molecular flexibility index (Phi) is 11.8. The number of halogens is 1. The van der Waals surface area contributed by atoms with E-state index in [2.05, 4.69) is 48.0 Å². The molecule has 0 atom stereocenters. The van der Waals surface area contributed by atoms with Crippen LogP contribution >= 0.6 is 0 Å². The lowest BCUT2D eigenvalue weighted by atomic mass is 10.2. The van der Waals surface area contributed by atoms with E-state index in [4.69, 9.17) is 12.1 Å². The molecule has 10 heteroatoms. The second-order valence-electron chi connectivity index (χ2n) is 9.82. The van der Waals surface area contributed by atoms with Gasteiger partial charge in [-0.3, -0.25) is 23.7 Å².